The molecule has 6 heteroatoms. The summed E-state index contributed by atoms with van der Waals surface area (Å²) in [6.45, 7) is 3.50. The lowest BCUT2D eigenvalue weighted by molar-refractivity contribution is 0.0947. The van der Waals surface area contributed by atoms with E-state index in [4.69, 9.17) is 5.11 Å². The van der Waals surface area contributed by atoms with E-state index in [0.717, 1.165) is 10.4 Å². The Balaban J connectivity index is 2.75. The largest absolute Gasteiger partial charge is 0.384 e. The van der Waals surface area contributed by atoms with Crippen LogP contribution in [0.3, 0.4) is 0 Å². The van der Waals surface area contributed by atoms with E-state index in [2.05, 4.69) is 17.2 Å². The van der Waals surface area contributed by atoms with Gasteiger partial charge in [0.05, 0.1) is 9.75 Å². The third-order valence-corrected chi connectivity index (χ3v) is 4.41. The van der Waals surface area contributed by atoms with Crippen molar-refractivity contribution in [3.8, 4) is 11.8 Å². The van der Waals surface area contributed by atoms with E-state index in [9.17, 15) is 9.00 Å². The average molecular weight is 299 g/mol. The molecular formula is C13H17NO3S2. The van der Waals surface area contributed by atoms with Gasteiger partial charge in [0.2, 0.25) is 0 Å². The number of carbonyl (C=O) groups excluding carboxylic acids is 1. The highest BCUT2D eigenvalue weighted by atomic mass is 32.2. The number of hydrogen-bond acceptors (Lipinski definition) is 4. The molecule has 0 aliphatic carbocycles. The zero-order valence-electron chi connectivity index (χ0n) is 11.1. The number of aliphatic hydroxyl groups is 1. The summed E-state index contributed by atoms with van der Waals surface area (Å²) in [5.41, 5.74) is 0.919. The molecule has 1 rings (SSSR count). The third-order valence-electron chi connectivity index (χ3n) is 2.28. The second kappa shape index (κ2) is 7.43. The van der Waals surface area contributed by atoms with Crippen LogP contribution in [0.5, 0.6) is 0 Å². The molecule has 0 bridgehead atoms. The number of aliphatic hydroxyl groups excluding tert-OH is 1. The Hall–Kier alpha value is -1.16. The lowest BCUT2D eigenvalue weighted by Gasteiger charge is -2.10. The second-order valence-electron chi connectivity index (χ2n) is 4.20. The normalized spacial score (nSPS) is 13.3. The van der Waals surface area contributed by atoms with Crippen molar-refractivity contribution < 1.29 is 14.1 Å². The maximum absolute atomic E-state index is 12.0. The SMILES string of the molecule is Cc1cc(C(=O)NC(C)CS(C)=O)sc1C#CCO. The quantitative estimate of drug-likeness (QED) is 0.812. The number of aryl methyl sites for hydroxylation is 1. The highest BCUT2D eigenvalue weighted by Crippen LogP contribution is 2.20. The predicted molar refractivity (Wildman–Crippen MR) is 78.9 cm³/mol. The molecule has 104 valence electrons. The second-order valence-corrected chi connectivity index (χ2v) is 6.73. The minimum atomic E-state index is -0.933. The summed E-state index contributed by atoms with van der Waals surface area (Å²) in [7, 11) is -0.933. The van der Waals surface area contributed by atoms with Crippen molar-refractivity contribution in [1.82, 2.24) is 5.32 Å². The molecule has 1 heterocycles. The van der Waals surface area contributed by atoms with Gasteiger partial charge in [-0.3, -0.25) is 9.00 Å². The summed E-state index contributed by atoms with van der Waals surface area (Å²) in [5.74, 6) is 5.64. The zero-order chi connectivity index (χ0) is 14.4. The van der Waals surface area contributed by atoms with Gasteiger partial charge < -0.3 is 10.4 Å². The first kappa shape index (κ1) is 15.9. The Labute approximate surface area is 119 Å². The lowest BCUT2D eigenvalue weighted by Crippen LogP contribution is -2.35. The fourth-order valence-corrected chi connectivity index (χ4v) is 3.26. The minimum Gasteiger partial charge on any atom is -0.384 e. The van der Waals surface area contributed by atoms with Gasteiger partial charge in [0.1, 0.15) is 6.61 Å². The number of carbonyl (C=O) groups is 1. The Morgan fingerprint density at radius 3 is 2.89 bits per heavy atom. The van der Waals surface area contributed by atoms with Gasteiger partial charge in [0.25, 0.3) is 5.91 Å². The predicted octanol–water partition coefficient (Wildman–Crippen LogP) is 0.897. The van der Waals surface area contributed by atoms with E-state index in [0.29, 0.717) is 10.6 Å². The number of nitrogens with one attached hydrogen (secondary N) is 1. The number of thiophene rings is 1. The molecule has 4 nitrogen and oxygen atoms in total. The summed E-state index contributed by atoms with van der Waals surface area (Å²) in [4.78, 5) is 13.3. The van der Waals surface area contributed by atoms with E-state index in [1.807, 2.05) is 13.8 Å². The highest BCUT2D eigenvalue weighted by molar-refractivity contribution is 7.84. The molecule has 0 aliphatic rings. The van der Waals surface area contributed by atoms with Crippen LogP contribution in [0.25, 0.3) is 0 Å². The molecule has 0 aromatic carbocycles. The van der Waals surface area contributed by atoms with Crippen LogP contribution in [-0.2, 0) is 10.8 Å². The Bertz CT molecular complexity index is 540. The molecular weight excluding hydrogens is 282 g/mol. The molecule has 0 saturated carbocycles. The van der Waals surface area contributed by atoms with Gasteiger partial charge in [0.15, 0.2) is 0 Å². The van der Waals surface area contributed by atoms with Crippen molar-refractivity contribution in [3.63, 3.8) is 0 Å². The van der Waals surface area contributed by atoms with Crippen LogP contribution in [0, 0.1) is 18.8 Å². The first-order valence-corrected chi connectivity index (χ1v) is 8.29. The van der Waals surface area contributed by atoms with Crippen LogP contribution in [0.1, 0.15) is 27.0 Å². The monoisotopic (exact) mass is 299 g/mol. The van der Waals surface area contributed by atoms with Gasteiger partial charge in [-0.15, -0.1) is 11.3 Å². The van der Waals surface area contributed by atoms with E-state index in [1.54, 1.807) is 12.3 Å². The molecule has 0 spiro atoms. The molecule has 1 aromatic heterocycles. The molecule has 2 unspecified atom stereocenters. The highest BCUT2D eigenvalue weighted by Gasteiger charge is 2.14. The van der Waals surface area contributed by atoms with Gasteiger partial charge >= 0.3 is 0 Å². The lowest BCUT2D eigenvalue weighted by atomic mass is 10.2. The Morgan fingerprint density at radius 2 is 2.32 bits per heavy atom. The van der Waals surface area contributed by atoms with E-state index in [-0.39, 0.29) is 18.6 Å². The summed E-state index contributed by atoms with van der Waals surface area (Å²) in [5, 5.41) is 11.5. The van der Waals surface area contributed by atoms with E-state index < -0.39 is 10.8 Å². The summed E-state index contributed by atoms with van der Waals surface area (Å²) in [6, 6.07) is 1.64. The van der Waals surface area contributed by atoms with Crippen LogP contribution in [0.15, 0.2) is 6.07 Å². The number of rotatable bonds is 4. The maximum atomic E-state index is 12.0. The fraction of sp³-hybridized carbons (Fsp3) is 0.462. The van der Waals surface area contributed by atoms with Crippen molar-refractivity contribution in [2.75, 3.05) is 18.6 Å². The van der Waals surface area contributed by atoms with Gasteiger partial charge in [-0.25, -0.2) is 0 Å². The molecule has 0 aliphatic heterocycles. The molecule has 1 amide bonds. The van der Waals surface area contributed by atoms with Gasteiger partial charge in [-0.1, -0.05) is 11.8 Å². The maximum Gasteiger partial charge on any atom is 0.261 e. The standard InChI is InChI=1S/C13H17NO3S2/c1-9-7-12(18-11(9)5-4-6-15)13(16)14-10(2)8-19(3)17/h7,10,15H,6,8H2,1-3H3,(H,14,16). The molecule has 2 atom stereocenters. The number of amides is 1. The Morgan fingerprint density at radius 1 is 1.63 bits per heavy atom. The van der Waals surface area contributed by atoms with Crippen molar-refractivity contribution in [2.45, 2.75) is 19.9 Å². The molecule has 1 aromatic rings. The van der Waals surface area contributed by atoms with Crippen LogP contribution in [0.4, 0.5) is 0 Å². The first-order valence-electron chi connectivity index (χ1n) is 5.75. The molecule has 2 N–H and O–H groups in total. The van der Waals surface area contributed by atoms with Crippen molar-refractivity contribution >= 4 is 28.0 Å². The molecule has 0 radical (unpaired) electrons. The van der Waals surface area contributed by atoms with E-state index in [1.165, 1.54) is 11.3 Å². The van der Waals surface area contributed by atoms with Gasteiger partial charge in [-0.05, 0) is 25.5 Å². The van der Waals surface area contributed by atoms with Gasteiger partial charge in [0, 0.05) is 28.9 Å². The molecule has 0 saturated heterocycles. The van der Waals surface area contributed by atoms with Crippen LogP contribution in [-0.4, -0.2) is 39.9 Å². The van der Waals surface area contributed by atoms with Crippen molar-refractivity contribution in [2.24, 2.45) is 0 Å². The minimum absolute atomic E-state index is 0.132. The van der Waals surface area contributed by atoms with Crippen LogP contribution < -0.4 is 5.32 Å². The molecule has 0 fully saturated rings. The topological polar surface area (TPSA) is 66.4 Å². The number of hydrogen-bond donors (Lipinski definition) is 2. The zero-order valence-corrected chi connectivity index (χ0v) is 12.8. The third kappa shape index (κ3) is 5.15. The summed E-state index contributed by atoms with van der Waals surface area (Å²) in [6.07, 6.45) is 1.61. The van der Waals surface area contributed by atoms with Gasteiger partial charge in [-0.2, -0.15) is 0 Å². The van der Waals surface area contributed by atoms with E-state index >= 15 is 0 Å². The Kier molecular flexibility index (Phi) is 6.22. The van der Waals surface area contributed by atoms with Crippen LogP contribution >= 0.6 is 11.3 Å². The van der Waals surface area contributed by atoms with Crippen molar-refractivity contribution in [3.05, 3.63) is 21.4 Å². The van der Waals surface area contributed by atoms with Crippen molar-refractivity contribution in [1.29, 1.82) is 0 Å². The molecule has 19 heavy (non-hydrogen) atoms. The average Bonchev–Trinajstić information content (AvgIpc) is 2.67. The first-order chi connectivity index (χ1) is 8.93. The fourth-order valence-electron chi connectivity index (χ4n) is 1.53. The summed E-state index contributed by atoms with van der Waals surface area (Å²) >= 11 is 1.30. The van der Waals surface area contributed by atoms with Crippen LogP contribution in [0.2, 0.25) is 0 Å². The smallest absolute Gasteiger partial charge is 0.261 e. The summed E-state index contributed by atoms with van der Waals surface area (Å²) < 4.78 is 11.1.